The van der Waals surface area contributed by atoms with Crippen molar-refractivity contribution in [1.82, 2.24) is 10.3 Å². The standard InChI is InChI=1S/C22H22FN3O2S/c1-15(27)24-11-3-5-16-7-9-18(10-8-16)20-14-29-22(25-20)26-21(28)13-17-4-2-6-19(23)12-17/h2,4,6-10,12,14H,3,5,11,13H2,1H3,(H,24,27)(H,25,26,28). The van der Waals surface area contributed by atoms with Crippen LogP contribution in [0, 0.1) is 5.82 Å². The molecule has 5 nitrogen and oxygen atoms in total. The molecule has 0 bridgehead atoms. The van der Waals surface area contributed by atoms with Gasteiger partial charge in [-0.05, 0) is 36.1 Å². The molecule has 0 aliphatic carbocycles. The Bertz CT molecular complexity index is 986. The summed E-state index contributed by atoms with van der Waals surface area (Å²) in [5.74, 6) is -0.598. The highest BCUT2D eigenvalue weighted by Crippen LogP contribution is 2.25. The molecule has 29 heavy (non-hydrogen) atoms. The van der Waals surface area contributed by atoms with E-state index in [1.807, 2.05) is 29.6 Å². The molecule has 1 aromatic heterocycles. The molecule has 0 aliphatic heterocycles. The maximum atomic E-state index is 13.2. The molecule has 2 aromatic carbocycles. The number of carbonyl (C=O) groups excluding carboxylic acids is 2. The Morgan fingerprint density at radius 2 is 1.90 bits per heavy atom. The van der Waals surface area contributed by atoms with Crippen LogP contribution in [0.1, 0.15) is 24.5 Å². The Morgan fingerprint density at radius 1 is 1.10 bits per heavy atom. The maximum Gasteiger partial charge on any atom is 0.230 e. The number of nitrogens with zero attached hydrogens (tertiary/aromatic N) is 1. The minimum absolute atomic E-state index is 0.0114. The van der Waals surface area contributed by atoms with E-state index >= 15 is 0 Å². The van der Waals surface area contributed by atoms with Crippen molar-refractivity contribution in [2.45, 2.75) is 26.2 Å². The number of hydrogen-bond acceptors (Lipinski definition) is 4. The van der Waals surface area contributed by atoms with E-state index in [4.69, 9.17) is 0 Å². The fourth-order valence-electron chi connectivity index (χ4n) is 2.86. The fourth-order valence-corrected chi connectivity index (χ4v) is 3.59. The van der Waals surface area contributed by atoms with Crippen molar-refractivity contribution in [3.05, 3.63) is 70.9 Å². The molecule has 0 aliphatic rings. The largest absolute Gasteiger partial charge is 0.356 e. The van der Waals surface area contributed by atoms with Crippen LogP contribution >= 0.6 is 11.3 Å². The van der Waals surface area contributed by atoms with E-state index in [0.717, 1.165) is 24.1 Å². The number of hydrogen-bond donors (Lipinski definition) is 2. The summed E-state index contributed by atoms with van der Waals surface area (Å²) in [6.07, 6.45) is 1.87. The molecule has 1 heterocycles. The Balaban J connectivity index is 1.53. The first-order valence-electron chi connectivity index (χ1n) is 9.33. The number of aromatic nitrogens is 1. The summed E-state index contributed by atoms with van der Waals surface area (Å²) in [6.45, 7) is 2.18. The molecule has 0 fully saturated rings. The normalized spacial score (nSPS) is 10.6. The number of carbonyl (C=O) groups is 2. The zero-order valence-electron chi connectivity index (χ0n) is 16.1. The number of thiazole rings is 1. The minimum atomic E-state index is -0.356. The SMILES string of the molecule is CC(=O)NCCCc1ccc(-c2csc(NC(=O)Cc3cccc(F)c3)n2)cc1. The molecule has 0 radical (unpaired) electrons. The molecule has 3 aromatic rings. The summed E-state index contributed by atoms with van der Waals surface area (Å²) < 4.78 is 13.2. The smallest absolute Gasteiger partial charge is 0.230 e. The van der Waals surface area contributed by atoms with Gasteiger partial charge in [-0.3, -0.25) is 9.59 Å². The average Bonchev–Trinajstić information content (AvgIpc) is 3.14. The predicted molar refractivity (Wildman–Crippen MR) is 113 cm³/mol. The number of anilines is 1. The second-order valence-electron chi connectivity index (χ2n) is 6.68. The van der Waals surface area contributed by atoms with Gasteiger partial charge in [0.15, 0.2) is 5.13 Å². The van der Waals surface area contributed by atoms with Gasteiger partial charge in [0.05, 0.1) is 12.1 Å². The van der Waals surface area contributed by atoms with E-state index in [1.165, 1.54) is 36.0 Å². The molecule has 0 spiro atoms. The van der Waals surface area contributed by atoms with Crippen LogP contribution in [0.5, 0.6) is 0 Å². The van der Waals surface area contributed by atoms with E-state index in [0.29, 0.717) is 17.2 Å². The Kier molecular flexibility index (Phi) is 7.08. The first kappa shape index (κ1) is 20.7. The first-order valence-corrected chi connectivity index (χ1v) is 10.2. The van der Waals surface area contributed by atoms with Gasteiger partial charge in [0.2, 0.25) is 11.8 Å². The van der Waals surface area contributed by atoms with Gasteiger partial charge in [-0.15, -0.1) is 11.3 Å². The molecule has 0 atom stereocenters. The van der Waals surface area contributed by atoms with Crippen LogP contribution in [-0.2, 0) is 22.4 Å². The molecule has 2 N–H and O–H groups in total. The molecule has 150 valence electrons. The third-order valence-corrected chi connectivity index (χ3v) is 5.03. The monoisotopic (exact) mass is 411 g/mol. The third-order valence-electron chi connectivity index (χ3n) is 4.27. The van der Waals surface area contributed by atoms with Crippen LogP contribution in [0.3, 0.4) is 0 Å². The first-order chi connectivity index (χ1) is 14.0. The van der Waals surface area contributed by atoms with Crippen LogP contribution in [0.25, 0.3) is 11.3 Å². The molecular formula is C22H22FN3O2S. The van der Waals surface area contributed by atoms with Crippen molar-refractivity contribution in [3.8, 4) is 11.3 Å². The summed E-state index contributed by atoms with van der Waals surface area (Å²) in [4.78, 5) is 27.5. The number of amides is 2. The van der Waals surface area contributed by atoms with E-state index in [-0.39, 0.29) is 24.1 Å². The van der Waals surface area contributed by atoms with Gasteiger partial charge in [0, 0.05) is 24.4 Å². The van der Waals surface area contributed by atoms with Gasteiger partial charge >= 0.3 is 0 Å². The highest BCUT2D eigenvalue weighted by Gasteiger charge is 2.09. The predicted octanol–water partition coefficient (Wildman–Crippen LogP) is 4.20. The molecular weight excluding hydrogens is 389 g/mol. The van der Waals surface area contributed by atoms with Crippen LogP contribution < -0.4 is 10.6 Å². The number of benzene rings is 2. The van der Waals surface area contributed by atoms with Gasteiger partial charge < -0.3 is 10.6 Å². The highest BCUT2D eigenvalue weighted by atomic mass is 32.1. The molecule has 2 amide bonds. The lowest BCUT2D eigenvalue weighted by Crippen LogP contribution is -2.21. The lowest BCUT2D eigenvalue weighted by atomic mass is 10.1. The lowest BCUT2D eigenvalue weighted by Gasteiger charge is -2.04. The maximum absolute atomic E-state index is 13.2. The van der Waals surface area contributed by atoms with Crippen LogP contribution in [0.4, 0.5) is 9.52 Å². The Labute approximate surface area is 173 Å². The van der Waals surface area contributed by atoms with Crippen molar-refractivity contribution in [2.24, 2.45) is 0 Å². The van der Waals surface area contributed by atoms with Crippen LogP contribution in [0.15, 0.2) is 53.9 Å². The van der Waals surface area contributed by atoms with Gasteiger partial charge in [-0.25, -0.2) is 9.37 Å². The van der Waals surface area contributed by atoms with Crippen molar-refractivity contribution in [3.63, 3.8) is 0 Å². The molecule has 0 unspecified atom stereocenters. The summed E-state index contributed by atoms with van der Waals surface area (Å²) >= 11 is 1.35. The van der Waals surface area contributed by atoms with Crippen LogP contribution in [0.2, 0.25) is 0 Å². The quantitative estimate of drug-likeness (QED) is 0.546. The van der Waals surface area contributed by atoms with Crippen molar-refractivity contribution in [2.75, 3.05) is 11.9 Å². The second-order valence-corrected chi connectivity index (χ2v) is 7.53. The van der Waals surface area contributed by atoms with Crippen molar-refractivity contribution >= 4 is 28.3 Å². The number of aryl methyl sites for hydroxylation is 1. The van der Waals surface area contributed by atoms with Crippen molar-refractivity contribution in [1.29, 1.82) is 0 Å². The fraction of sp³-hybridized carbons (Fsp3) is 0.227. The number of nitrogens with one attached hydrogen (secondary N) is 2. The zero-order valence-corrected chi connectivity index (χ0v) is 16.9. The average molecular weight is 412 g/mol. The lowest BCUT2D eigenvalue weighted by molar-refractivity contribution is -0.119. The van der Waals surface area contributed by atoms with Gasteiger partial charge in [0.25, 0.3) is 0 Å². The van der Waals surface area contributed by atoms with E-state index in [1.54, 1.807) is 12.1 Å². The molecule has 3 rings (SSSR count). The summed E-state index contributed by atoms with van der Waals surface area (Å²) in [5, 5.41) is 7.96. The number of rotatable bonds is 8. The van der Waals surface area contributed by atoms with Gasteiger partial charge in [-0.2, -0.15) is 0 Å². The minimum Gasteiger partial charge on any atom is -0.356 e. The summed E-state index contributed by atoms with van der Waals surface area (Å²) in [5.41, 5.74) is 3.57. The molecule has 0 saturated heterocycles. The Hall–Kier alpha value is -3.06. The topological polar surface area (TPSA) is 71.1 Å². The summed E-state index contributed by atoms with van der Waals surface area (Å²) in [7, 11) is 0. The van der Waals surface area contributed by atoms with E-state index in [2.05, 4.69) is 15.6 Å². The third kappa shape index (κ3) is 6.50. The summed E-state index contributed by atoms with van der Waals surface area (Å²) in [6, 6.07) is 14.1. The van der Waals surface area contributed by atoms with E-state index in [9.17, 15) is 14.0 Å². The van der Waals surface area contributed by atoms with Crippen molar-refractivity contribution < 1.29 is 14.0 Å². The van der Waals surface area contributed by atoms with Gasteiger partial charge in [0.1, 0.15) is 5.82 Å². The van der Waals surface area contributed by atoms with E-state index < -0.39 is 0 Å². The zero-order chi connectivity index (χ0) is 20.6. The molecule has 0 saturated carbocycles. The number of halogens is 1. The highest BCUT2D eigenvalue weighted by molar-refractivity contribution is 7.14. The van der Waals surface area contributed by atoms with Crippen LogP contribution in [-0.4, -0.2) is 23.3 Å². The second kappa shape index (κ2) is 9.93. The Morgan fingerprint density at radius 3 is 2.62 bits per heavy atom. The van der Waals surface area contributed by atoms with Gasteiger partial charge in [-0.1, -0.05) is 36.4 Å². The molecule has 7 heteroatoms.